The highest BCUT2D eigenvalue weighted by Crippen LogP contribution is 2.55. The van der Waals surface area contributed by atoms with Crippen LogP contribution < -0.4 is 5.32 Å². The highest BCUT2D eigenvalue weighted by molar-refractivity contribution is 5.16. The van der Waals surface area contributed by atoms with Gasteiger partial charge in [0.25, 0.3) is 0 Å². The van der Waals surface area contributed by atoms with Gasteiger partial charge in [0.2, 0.25) is 0 Å². The number of rotatable bonds is 4. The van der Waals surface area contributed by atoms with Crippen LogP contribution in [0.4, 0.5) is 0 Å². The fourth-order valence-electron chi connectivity index (χ4n) is 3.57. The van der Waals surface area contributed by atoms with E-state index >= 15 is 0 Å². The van der Waals surface area contributed by atoms with Crippen LogP contribution in [0.3, 0.4) is 0 Å². The molecule has 0 bridgehead atoms. The summed E-state index contributed by atoms with van der Waals surface area (Å²) in [5.41, 5.74) is 0.182. The van der Waals surface area contributed by atoms with Gasteiger partial charge in [0, 0.05) is 18.1 Å². The lowest BCUT2D eigenvalue weighted by Gasteiger charge is -2.55. The molecule has 0 heterocycles. The average molecular weight is 235 g/mol. The number of hydrogen-bond acceptors (Lipinski definition) is 2. The van der Waals surface area contributed by atoms with Crippen LogP contribution >= 0.6 is 0 Å². The number of ether oxygens (including phenoxy) is 1. The largest absolute Gasteiger partial charge is 0.378 e. The summed E-state index contributed by atoms with van der Waals surface area (Å²) in [5, 5.41) is 3.65. The summed E-state index contributed by atoms with van der Waals surface area (Å²) in [6, 6.07) is 0.549. The van der Waals surface area contributed by atoms with E-state index in [0.29, 0.717) is 17.6 Å². The van der Waals surface area contributed by atoms with Crippen LogP contribution in [0.2, 0.25) is 0 Å². The Morgan fingerprint density at radius 1 is 1.41 bits per heavy atom. The third-order valence-electron chi connectivity index (χ3n) is 4.58. The Morgan fingerprint density at radius 3 is 2.59 bits per heavy atom. The summed E-state index contributed by atoms with van der Waals surface area (Å²) in [6.07, 6.45) is 12.4. The second-order valence-corrected chi connectivity index (χ2v) is 6.09. The van der Waals surface area contributed by atoms with E-state index in [1.54, 1.807) is 0 Å². The Labute approximate surface area is 105 Å². The number of nitrogens with one attached hydrogen (secondary N) is 1. The van der Waals surface area contributed by atoms with Gasteiger partial charge in [-0.3, -0.25) is 5.32 Å². The summed E-state index contributed by atoms with van der Waals surface area (Å²) in [4.78, 5) is 0. The first kappa shape index (κ1) is 12.9. The molecule has 2 heteroatoms. The SMILES string of the molecule is C#CC(C)(C)NC1CC(OCC)C12CCCC2. The van der Waals surface area contributed by atoms with Crippen molar-refractivity contribution in [3.05, 3.63) is 0 Å². The summed E-state index contributed by atoms with van der Waals surface area (Å²) >= 11 is 0. The molecule has 1 spiro atoms. The van der Waals surface area contributed by atoms with E-state index in [1.165, 1.54) is 25.7 Å². The lowest BCUT2D eigenvalue weighted by Crippen LogP contribution is -2.66. The molecule has 0 radical (unpaired) electrons. The molecule has 2 unspecified atom stereocenters. The maximum absolute atomic E-state index is 5.90. The summed E-state index contributed by atoms with van der Waals surface area (Å²) in [5.74, 6) is 2.84. The van der Waals surface area contributed by atoms with Crippen LogP contribution in [0, 0.1) is 17.8 Å². The van der Waals surface area contributed by atoms with Crippen molar-refractivity contribution in [3.8, 4) is 12.3 Å². The molecule has 2 aliphatic carbocycles. The highest BCUT2D eigenvalue weighted by atomic mass is 16.5. The van der Waals surface area contributed by atoms with Crippen molar-refractivity contribution in [1.29, 1.82) is 0 Å². The van der Waals surface area contributed by atoms with Gasteiger partial charge in [-0.15, -0.1) is 6.42 Å². The van der Waals surface area contributed by atoms with Crippen LogP contribution in [0.1, 0.15) is 52.9 Å². The molecule has 2 saturated carbocycles. The third-order valence-corrected chi connectivity index (χ3v) is 4.58. The molecule has 0 aromatic rings. The second kappa shape index (κ2) is 4.63. The van der Waals surface area contributed by atoms with Crippen molar-refractivity contribution in [1.82, 2.24) is 5.32 Å². The number of terminal acetylenes is 1. The van der Waals surface area contributed by atoms with E-state index in [2.05, 4.69) is 32.0 Å². The first-order chi connectivity index (χ1) is 8.04. The zero-order valence-electron chi connectivity index (χ0n) is 11.4. The smallest absolute Gasteiger partial charge is 0.0743 e. The Bertz CT molecular complexity index is 309. The maximum Gasteiger partial charge on any atom is 0.0743 e. The molecule has 0 aromatic heterocycles. The molecular weight excluding hydrogens is 210 g/mol. The minimum absolute atomic E-state index is 0.197. The molecule has 2 fully saturated rings. The van der Waals surface area contributed by atoms with E-state index in [4.69, 9.17) is 11.2 Å². The van der Waals surface area contributed by atoms with Crippen LogP contribution in [0.5, 0.6) is 0 Å². The minimum atomic E-state index is -0.197. The normalized spacial score (nSPS) is 31.2. The minimum Gasteiger partial charge on any atom is -0.378 e. The van der Waals surface area contributed by atoms with Gasteiger partial charge in [-0.2, -0.15) is 0 Å². The third kappa shape index (κ3) is 2.23. The molecule has 0 aliphatic heterocycles. The van der Waals surface area contributed by atoms with Crippen molar-refractivity contribution >= 4 is 0 Å². The Hall–Kier alpha value is -0.520. The van der Waals surface area contributed by atoms with E-state index < -0.39 is 0 Å². The second-order valence-electron chi connectivity index (χ2n) is 6.09. The zero-order chi connectivity index (χ0) is 12.5. The van der Waals surface area contributed by atoms with E-state index in [0.717, 1.165) is 13.0 Å². The molecule has 0 aromatic carbocycles. The van der Waals surface area contributed by atoms with E-state index in [-0.39, 0.29) is 5.54 Å². The van der Waals surface area contributed by atoms with Gasteiger partial charge in [-0.1, -0.05) is 18.8 Å². The summed E-state index contributed by atoms with van der Waals surface area (Å²) < 4.78 is 5.90. The van der Waals surface area contributed by atoms with E-state index in [9.17, 15) is 0 Å². The van der Waals surface area contributed by atoms with Gasteiger partial charge in [0.15, 0.2) is 0 Å². The Morgan fingerprint density at radius 2 is 2.06 bits per heavy atom. The lowest BCUT2D eigenvalue weighted by molar-refractivity contribution is -0.133. The standard InChI is InChI=1S/C15H25NO/c1-5-14(3,4)16-12-11-13(17-6-2)15(12)9-7-8-10-15/h1,12-13,16H,6-11H2,2-4H3. The molecule has 0 saturated heterocycles. The van der Waals surface area contributed by atoms with Crippen molar-refractivity contribution in [3.63, 3.8) is 0 Å². The number of hydrogen-bond donors (Lipinski definition) is 1. The molecular formula is C15H25NO. The molecule has 2 atom stereocenters. The first-order valence-electron chi connectivity index (χ1n) is 6.91. The molecule has 2 aliphatic rings. The van der Waals surface area contributed by atoms with Crippen LogP contribution in [0.15, 0.2) is 0 Å². The predicted octanol–water partition coefficient (Wildman–Crippen LogP) is 2.73. The summed E-state index contributed by atoms with van der Waals surface area (Å²) in [6.45, 7) is 7.10. The van der Waals surface area contributed by atoms with Crippen molar-refractivity contribution in [2.24, 2.45) is 5.41 Å². The maximum atomic E-state index is 5.90. The van der Waals surface area contributed by atoms with Crippen LogP contribution in [-0.4, -0.2) is 24.3 Å². The predicted molar refractivity (Wildman–Crippen MR) is 70.8 cm³/mol. The highest BCUT2D eigenvalue weighted by Gasteiger charge is 2.57. The summed E-state index contributed by atoms with van der Waals surface area (Å²) in [7, 11) is 0. The molecule has 0 amide bonds. The zero-order valence-corrected chi connectivity index (χ0v) is 11.4. The van der Waals surface area contributed by atoms with Gasteiger partial charge in [-0.25, -0.2) is 0 Å². The van der Waals surface area contributed by atoms with Gasteiger partial charge >= 0.3 is 0 Å². The van der Waals surface area contributed by atoms with Gasteiger partial charge in [-0.05, 0) is 40.0 Å². The van der Waals surface area contributed by atoms with Crippen molar-refractivity contribution < 1.29 is 4.74 Å². The quantitative estimate of drug-likeness (QED) is 0.757. The first-order valence-corrected chi connectivity index (χ1v) is 6.91. The van der Waals surface area contributed by atoms with Crippen LogP contribution in [0.25, 0.3) is 0 Å². The van der Waals surface area contributed by atoms with Crippen molar-refractivity contribution in [2.45, 2.75) is 70.6 Å². The molecule has 96 valence electrons. The van der Waals surface area contributed by atoms with Gasteiger partial charge in [0.05, 0.1) is 11.6 Å². The lowest BCUT2D eigenvalue weighted by atomic mass is 9.60. The topological polar surface area (TPSA) is 21.3 Å². The average Bonchev–Trinajstić information content (AvgIpc) is 2.79. The van der Waals surface area contributed by atoms with Crippen LogP contribution in [-0.2, 0) is 4.74 Å². The fraction of sp³-hybridized carbons (Fsp3) is 0.867. The van der Waals surface area contributed by atoms with E-state index in [1.807, 2.05) is 0 Å². The fourth-order valence-corrected chi connectivity index (χ4v) is 3.57. The van der Waals surface area contributed by atoms with Crippen molar-refractivity contribution in [2.75, 3.05) is 6.61 Å². The Balaban J connectivity index is 2.03. The molecule has 2 rings (SSSR count). The molecule has 1 N–H and O–H groups in total. The molecule has 2 nitrogen and oxygen atoms in total. The van der Waals surface area contributed by atoms with Gasteiger partial charge < -0.3 is 4.74 Å². The van der Waals surface area contributed by atoms with Gasteiger partial charge in [0.1, 0.15) is 0 Å². The Kier molecular flexibility index (Phi) is 3.52. The monoisotopic (exact) mass is 235 g/mol. The molecule has 17 heavy (non-hydrogen) atoms.